The number of carbonyl (C=O) groups is 1. The van der Waals surface area contributed by atoms with Gasteiger partial charge in [-0.15, -0.1) is 0 Å². The lowest BCUT2D eigenvalue weighted by molar-refractivity contribution is -0.120. The van der Waals surface area contributed by atoms with Gasteiger partial charge in [0.15, 0.2) is 11.5 Å². The number of benzene rings is 1. The fourth-order valence-electron chi connectivity index (χ4n) is 2.10. The first-order valence-corrected chi connectivity index (χ1v) is 7.76. The first-order valence-electron chi connectivity index (χ1n) is 7.76. The first kappa shape index (κ1) is 17.5. The summed E-state index contributed by atoms with van der Waals surface area (Å²) in [6, 6.07) is 4.64. The normalized spacial score (nSPS) is 13.9. The third kappa shape index (κ3) is 6.40. The fourth-order valence-corrected chi connectivity index (χ4v) is 2.10. The van der Waals surface area contributed by atoms with Crippen molar-refractivity contribution in [1.82, 2.24) is 10.6 Å². The van der Waals surface area contributed by atoms with Crippen molar-refractivity contribution in [2.24, 2.45) is 5.92 Å². The van der Waals surface area contributed by atoms with Crippen LogP contribution in [0.3, 0.4) is 0 Å². The van der Waals surface area contributed by atoms with Gasteiger partial charge in [-0.1, -0.05) is 6.07 Å². The van der Waals surface area contributed by atoms with E-state index >= 15 is 0 Å². The molecule has 1 aromatic rings. The summed E-state index contributed by atoms with van der Waals surface area (Å²) in [6.07, 6.45) is 2.48. The van der Waals surface area contributed by atoms with Crippen LogP contribution in [0.2, 0.25) is 0 Å². The Kier molecular flexibility index (Phi) is 6.58. The molecule has 0 heterocycles. The van der Waals surface area contributed by atoms with Crippen molar-refractivity contribution < 1.29 is 23.0 Å². The van der Waals surface area contributed by atoms with Crippen molar-refractivity contribution in [3.8, 4) is 11.5 Å². The minimum Gasteiger partial charge on any atom is -0.490 e. The Morgan fingerprint density at radius 2 is 2.13 bits per heavy atom. The van der Waals surface area contributed by atoms with Gasteiger partial charge in [-0.2, -0.15) is 8.78 Å². The third-order valence-electron chi connectivity index (χ3n) is 3.43. The molecule has 2 rings (SSSR count). The highest BCUT2D eigenvalue weighted by Crippen LogP contribution is 2.30. The fraction of sp³-hybridized carbons (Fsp3) is 0.562. The lowest BCUT2D eigenvalue weighted by atomic mass is 10.2. The standard InChI is InChI=1S/C16H22F2N2O3/c1-2-22-14-7-12(5-6-13(14)23-16(17)18)9-20-15(21)10-19-8-11-3-4-11/h5-7,11,16,19H,2-4,8-10H2,1H3,(H,20,21). The van der Waals surface area contributed by atoms with Gasteiger partial charge in [0.05, 0.1) is 13.2 Å². The molecule has 1 aliphatic carbocycles. The van der Waals surface area contributed by atoms with Gasteiger partial charge < -0.3 is 20.1 Å². The maximum atomic E-state index is 12.3. The van der Waals surface area contributed by atoms with E-state index in [1.54, 1.807) is 19.1 Å². The van der Waals surface area contributed by atoms with Crippen LogP contribution in [0.5, 0.6) is 11.5 Å². The van der Waals surface area contributed by atoms with Crippen molar-refractivity contribution in [3.05, 3.63) is 23.8 Å². The highest BCUT2D eigenvalue weighted by atomic mass is 19.3. The van der Waals surface area contributed by atoms with Crippen molar-refractivity contribution in [2.45, 2.75) is 32.9 Å². The predicted octanol–water partition coefficient (Wildman–Crippen LogP) is 2.30. The molecule has 0 unspecified atom stereocenters. The summed E-state index contributed by atoms with van der Waals surface area (Å²) in [4.78, 5) is 11.7. The summed E-state index contributed by atoms with van der Waals surface area (Å²) in [5.41, 5.74) is 0.755. The number of nitrogens with one attached hydrogen (secondary N) is 2. The molecule has 0 bridgehead atoms. The molecule has 0 spiro atoms. The van der Waals surface area contributed by atoms with E-state index in [1.165, 1.54) is 18.9 Å². The van der Waals surface area contributed by atoms with E-state index < -0.39 is 6.61 Å². The van der Waals surface area contributed by atoms with Crippen LogP contribution in [-0.4, -0.2) is 32.2 Å². The molecule has 5 nitrogen and oxygen atoms in total. The van der Waals surface area contributed by atoms with Gasteiger partial charge in [0.2, 0.25) is 5.91 Å². The molecule has 0 aromatic heterocycles. The molecular formula is C16H22F2N2O3. The molecule has 7 heteroatoms. The van der Waals surface area contributed by atoms with Crippen molar-refractivity contribution in [3.63, 3.8) is 0 Å². The average Bonchev–Trinajstić information content (AvgIpc) is 3.31. The van der Waals surface area contributed by atoms with Crippen molar-refractivity contribution in [2.75, 3.05) is 19.7 Å². The van der Waals surface area contributed by atoms with E-state index in [0.717, 1.165) is 18.0 Å². The van der Waals surface area contributed by atoms with E-state index in [2.05, 4.69) is 15.4 Å². The van der Waals surface area contributed by atoms with Gasteiger partial charge in [-0.25, -0.2) is 0 Å². The maximum Gasteiger partial charge on any atom is 0.387 e. The molecule has 1 fully saturated rings. The quantitative estimate of drug-likeness (QED) is 0.692. The summed E-state index contributed by atoms with van der Waals surface area (Å²) < 4.78 is 34.4. The SMILES string of the molecule is CCOc1cc(CNC(=O)CNCC2CC2)ccc1OC(F)F. The van der Waals surface area contributed by atoms with Crippen LogP contribution in [0, 0.1) is 5.92 Å². The zero-order valence-electron chi connectivity index (χ0n) is 13.1. The second-order valence-electron chi connectivity index (χ2n) is 5.44. The lowest BCUT2D eigenvalue weighted by Gasteiger charge is -2.13. The highest BCUT2D eigenvalue weighted by Gasteiger charge is 2.20. The Balaban J connectivity index is 1.83. The summed E-state index contributed by atoms with van der Waals surface area (Å²) in [6.45, 7) is 0.645. The van der Waals surface area contributed by atoms with Gasteiger partial charge in [0.25, 0.3) is 0 Å². The van der Waals surface area contributed by atoms with Crippen LogP contribution >= 0.6 is 0 Å². The topological polar surface area (TPSA) is 59.6 Å². The molecule has 128 valence electrons. The second-order valence-corrected chi connectivity index (χ2v) is 5.44. The van der Waals surface area contributed by atoms with Crippen molar-refractivity contribution >= 4 is 5.91 Å². The van der Waals surface area contributed by atoms with E-state index in [-0.39, 0.29) is 24.0 Å². The number of ether oxygens (including phenoxy) is 2. The smallest absolute Gasteiger partial charge is 0.387 e. The molecule has 23 heavy (non-hydrogen) atoms. The van der Waals surface area contributed by atoms with Crippen molar-refractivity contribution in [1.29, 1.82) is 0 Å². The second kappa shape index (κ2) is 8.67. The van der Waals surface area contributed by atoms with E-state index in [1.807, 2.05) is 0 Å². The Bertz CT molecular complexity index is 522. The van der Waals surface area contributed by atoms with E-state index in [9.17, 15) is 13.6 Å². The Morgan fingerprint density at radius 1 is 1.35 bits per heavy atom. The van der Waals surface area contributed by atoms with E-state index in [4.69, 9.17) is 4.74 Å². The Hall–Kier alpha value is -1.89. The monoisotopic (exact) mass is 328 g/mol. The number of halogens is 2. The predicted molar refractivity (Wildman–Crippen MR) is 81.7 cm³/mol. The number of carbonyl (C=O) groups excluding carboxylic acids is 1. The summed E-state index contributed by atoms with van der Waals surface area (Å²) in [5, 5.41) is 5.88. The highest BCUT2D eigenvalue weighted by molar-refractivity contribution is 5.78. The molecule has 0 saturated heterocycles. The molecule has 0 radical (unpaired) electrons. The molecule has 2 N–H and O–H groups in total. The minimum absolute atomic E-state index is 0.0111. The lowest BCUT2D eigenvalue weighted by Crippen LogP contribution is -2.34. The van der Waals surface area contributed by atoms with Gasteiger partial charge in [-0.3, -0.25) is 4.79 Å². The zero-order valence-corrected chi connectivity index (χ0v) is 13.1. The summed E-state index contributed by atoms with van der Waals surface area (Å²) in [5.74, 6) is 0.852. The summed E-state index contributed by atoms with van der Waals surface area (Å²) in [7, 11) is 0. The maximum absolute atomic E-state index is 12.3. The van der Waals surface area contributed by atoms with Crippen LogP contribution in [0.4, 0.5) is 8.78 Å². The molecule has 0 aliphatic heterocycles. The number of hydrogen-bond acceptors (Lipinski definition) is 4. The number of hydrogen-bond donors (Lipinski definition) is 2. The van der Waals surface area contributed by atoms with Crippen LogP contribution in [0.1, 0.15) is 25.3 Å². The van der Waals surface area contributed by atoms with Crippen LogP contribution in [0.15, 0.2) is 18.2 Å². The largest absolute Gasteiger partial charge is 0.490 e. The molecule has 1 amide bonds. The molecule has 0 atom stereocenters. The first-order chi connectivity index (χ1) is 11.1. The van der Waals surface area contributed by atoms with Gasteiger partial charge in [0.1, 0.15) is 0 Å². The third-order valence-corrected chi connectivity index (χ3v) is 3.43. The number of alkyl halides is 2. The van der Waals surface area contributed by atoms with Gasteiger partial charge in [-0.05, 0) is 49.9 Å². The van der Waals surface area contributed by atoms with Crippen LogP contribution < -0.4 is 20.1 Å². The number of amides is 1. The van der Waals surface area contributed by atoms with E-state index in [0.29, 0.717) is 13.2 Å². The minimum atomic E-state index is -2.91. The Labute approximate surface area is 134 Å². The van der Waals surface area contributed by atoms with Gasteiger partial charge >= 0.3 is 6.61 Å². The Morgan fingerprint density at radius 3 is 2.78 bits per heavy atom. The van der Waals surface area contributed by atoms with Gasteiger partial charge in [0, 0.05) is 6.54 Å². The molecule has 1 saturated carbocycles. The zero-order chi connectivity index (χ0) is 16.7. The average molecular weight is 328 g/mol. The van der Waals surface area contributed by atoms with Crippen LogP contribution in [-0.2, 0) is 11.3 Å². The molecule has 1 aliphatic rings. The van der Waals surface area contributed by atoms with Crippen LogP contribution in [0.25, 0.3) is 0 Å². The molecule has 1 aromatic carbocycles. The number of rotatable bonds is 10. The molecular weight excluding hydrogens is 306 g/mol. The summed E-state index contributed by atoms with van der Waals surface area (Å²) >= 11 is 0.